The van der Waals surface area contributed by atoms with Crippen molar-refractivity contribution in [2.75, 3.05) is 5.32 Å². The number of allylic oxidation sites excluding steroid dienone is 1. The predicted molar refractivity (Wildman–Crippen MR) is 91.2 cm³/mol. The molecule has 1 amide bonds. The molecule has 0 atom stereocenters. The largest absolute Gasteiger partial charge is 0.534 e. The Morgan fingerprint density at radius 3 is 2.48 bits per heavy atom. The van der Waals surface area contributed by atoms with Gasteiger partial charge in [0.2, 0.25) is 0 Å². The van der Waals surface area contributed by atoms with E-state index in [0.717, 1.165) is 17.4 Å². The fraction of sp³-hybridized carbons (Fsp3) is 0.467. The maximum atomic E-state index is 12.6. The van der Waals surface area contributed by atoms with Gasteiger partial charge in [0.1, 0.15) is 22.4 Å². The number of carbonyl (C=O) groups excluding carboxylic acids is 1. The van der Waals surface area contributed by atoms with E-state index in [1.807, 2.05) is 0 Å². The van der Waals surface area contributed by atoms with Gasteiger partial charge in [-0.1, -0.05) is 0 Å². The molecule has 0 aromatic carbocycles. The van der Waals surface area contributed by atoms with E-state index in [2.05, 4.69) is 9.50 Å². The fourth-order valence-corrected chi connectivity index (χ4v) is 3.82. The molecular weight excluding hydrogens is 409 g/mol. The molecule has 7 nitrogen and oxygen atoms in total. The molecule has 0 fully saturated rings. The van der Waals surface area contributed by atoms with Crippen LogP contribution in [0.3, 0.4) is 0 Å². The molecule has 1 aliphatic carbocycles. The Morgan fingerprint density at radius 2 is 1.96 bits per heavy atom. The van der Waals surface area contributed by atoms with Crippen molar-refractivity contribution < 1.29 is 35.3 Å². The average molecular weight is 424 g/mol. The van der Waals surface area contributed by atoms with Gasteiger partial charge in [0, 0.05) is 4.88 Å². The molecule has 1 aromatic rings. The first-order valence-electron chi connectivity index (χ1n) is 7.52. The summed E-state index contributed by atoms with van der Waals surface area (Å²) in [6.45, 7) is 4.90. The Bertz CT molecular complexity index is 934. The fourth-order valence-electron chi connectivity index (χ4n) is 2.18. The SMILES string of the molecule is CC(C)(C)OC(=O)Nc1sc2c(c1C#N)C(OS(=O)(=O)C(F)(F)F)=CCC2. The lowest BCUT2D eigenvalue weighted by Gasteiger charge is -2.19. The van der Waals surface area contributed by atoms with Gasteiger partial charge in [0.05, 0.1) is 11.1 Å². The van der Waals surface area contributed by atoms with Crippen LogP contribution in [0.2, 0.25) is 0 Å². The highest BCUT2D eigenvalue weighted by molar-refractivity contribution is 7.87. The second-order valence-electron chi connectivity index (χ2n) is 6.43. The summed E-state index contributed by atoms with van der Waals surface area (Å²) in [5.74, 6) is -0.585. The molecule has 0 bridgehead atoms. The molecule has 0 unspecified atom stereocenters. The minimum Gasteiger partial charge on any atom is -0.444 e. The predicted octanol–water partition coefficient (Wildman–Crippen LogP) is 4.12. The van der Waals surface area contributed by atoms with E-state index < -0.39 is 33.1 Å². The Labute approximate surface area is 157 Å². The molecule has 0 spiro atoms. The summed E-state index contributed by atoms with van der Waals surface area (Å²) in [5, 5.41) is 11.8. The number of fused-ring (bicyclic) bond motifs is 1. The number of halogens is 3. The van der Waals surface area contributed by atoms with Crippen LogP contribution >= 0.6 is 11.3 Å². The number of hydrogen-bond acceptors (Lipinski definition) is 7. The second-order valence-corrected chi connectivity index (χ2v) is 9.08. The normalized spacial score (nSPS) is 14.6. The van der Waals surface area contributed by atoms with Crippen molar-refractivity contribution in [3.05, 3.63) is 22.1 Å². The van der Waals surface area contributed by atoms with Gasteiger partial charge in [-0.2, -0.15) is 26.9 Å². The van der Waals surface area contributed by atoms with E-state index >= 15 is 0 Å². The third-order valence-corrected chi connectivity index (χ3v) is 5.27. The Morgan fingerprint density at radius 1 is 1.33 bits per heavy atom. The molecule has 0 saturated carbocycles. The van der Waals surface area contributed by atoms with Gasteiger partial charge < -0.3 is 8.92 Å². The summed E-state index contributed by atoms with van der Waals surface area (Å²) in [7, 11) is -5.89. The summed E-state index contributed by atoms with van der Waals surface area (Å²) in [5.41, 5.74) is -6.67. The van der Waals surface area contributed by atoms with E-state index in [1.165, 1.54) is 0 Å². The molecule has 1 aliphatic rings. The maximum absolute atomic E-state index is 12.6. The van der Waals surface area contributed by atoms with Crippen molar-refractivity contribution in [1.29, 1.82) is 5.26 Å². The summed E-state index contributed by atoms with van der Waals surface area (Å²) in [6.07, 6.45) is 0.875. The number of nitrogens with zero attached hydrogens (tertiary/aromatic N) is 1. The van der Waals surface area contributed by atoms with Crippen LogP contribution < -0.4 is 5.32 Å². The van der Waals surface area contributed by atoms with Gasteiger partial charge in [0.25, 0.3) is 0 Å². The van der Waals surface area contributed by atoms with Crippen molar-refractivity contribution in [3.8, 4) is 6.07 Å². The zero-order valence-electron chi connectivity index (χ0n) is 14.4. The summed E-state index contributed by atoms with van der Waals surface area (Å²) >= 11 is 0.947. The third-order valence-electron chi connectivity index (χ3n) is 3.14. The van der Waals surface area contributed by atoms with Crippen LogP contribution in [0, 0.1) is 11.3 Å². The van der Waals surface area contributed by atoms with Gasteiger partial charge in [-0.3, -0.25) is 5.32 Å². The highest BCUT2D eigenvalue weighted by Gasteiger charge is 2.49. The summed E-state index contributed by atoms with van der Waals surface area (Å²) in [4.78, 5) is 12.3. The van der Waals surface area contributed by atoms with E-state index in [0.29, 0.717) is 11.3 Å². The number of aryl methyl sites for hydroxylation is 1. The number of carbonyl (C=O) groups is 1. The molecule has 27 heavy (non-hydrogen) atoms. The molecule has 12 heteroatoms. The van der Waals surface area contributed by atoms with Crippen molar-refractivity contribution in [3.63, 3.8) is 0 Å². The number of ether oxygens (including phenoxy) is 1. The summed E-state index contributed by atoms with van der Waals surface area (Å²) in [6, 6.07) is 1.77. The monoisotopic (exact) mass is 424 g/mol. The molecule has 0 saturated heterocycles. The molecular formula is C15H15F3N2O5S2. The first-order chi connectivity index (χ1) is 12.2. The van der Waals surface area contributed by atoms with Crippen LogP contribution in [-0.4, -0.2) is 25.6 Å². The third kappa shape index (κ3) is 4.72. The average Bonchev–Trinajstić information content (AvgIpc) is 2.81. The Kier molecular flexibility index (Phi) is 5.49. The number of amides is 1. The van der Waals surface area contributed by atoms with Crippen LogP contribution in [0.5, 0.6) is 0 Å². The lowest BCUT2D eigenvalue weighted by Crippen LogP contribution is -2.27. The van der Waals surface area contributed by atoms with Gasteiger partial charge in [-0.05, 0) is 39.7 Å². The van der Waals surface area contributed by atoms with Crippen molar-refractivity contribution >= 4 is 38.3 Å². The van der Waals surface area contributed by atoms with Crippen molar-refractivity contribution in [2.45, 2.75) is 44.7 Å². The molecule has 1 N–H and O–H groups in total. The van der Waals surface area contributed by atoms with E-state index in [1.54, 1.807) is 26.8 Å². The van der Waals surface area contributed by atoms with Gasteiger partial charge in [0.15, 0.2) is 0 Å². The molecule has 1 aromatic heterocycles. The zero-order chi connectivity index (χ0) is 20.6. The number of rotatable bonds is 3. The number of thiophene rings is 1. The highest BCUT2D eigenvalue weighted by atomic mass is 32.2. The number of anilines is 1. The number of nitriles is 1. The Balaban J connectivity index is 2.39. The molecule has 1 heterocycles. The van der Waals surface area contributed by atoms with E-state index in [4.69, 9.17) is 4.74 Å². The molecule has 2 rings (SSSR count). The van der Waals surface area contributed by atoms with Crippen LogP contribution in [0.15, 0.2) is 6.08 Å². The van der Waals surface area contributed by atoms with E-state index in [9.17, 15) is 31.6 Å². The van der Waals surface area contributed by atoms with Gasteiger partial charge in [-0.25, -0.2) is 4.79 Å². The minimum atomic E-state index is -5.89. The van der Waals surface area contributed by atoms with Gasteiger partial charge in [-0.15, -0.1) is 11.3 Å². The number of hydrogen-bond donors (Lipinski definition) is 1. The standard InChI is InChI=1S/C15H15F3N2O5S2/c1-14(2,3)24-13(21)20-12-8(7-19)11-9(5-4-6-10(11)26-12)25-27(22,23)15(16,17)18/h5H,4,6H2,1-3H3,(H,20,21). The minimum absolute atomic E-state index is 0.0394. The smallest absolute Gasteiger partial charge is 0.444 e. The topological polar surface area (TPSA) is 105 Å². The van der Waals surface area contributed by atoms with Crippen LogP contribution in [0.1, 0.15) is 43.2 Å². The summed E-state index contributed by atoms with van der Waals surface area (Å²) < 4.78 is 69.8. The first kappa shape index (κ1) is 21.0. The maximum Gasteiger partial charge on any atom is 0.534 e. The Hall–Kier alpha value is -2.26. The van der Waals surface area contributed by atoms with Crippen LogP contribution in [0.4, 0.5) is 23.0 Å². The molecule has 0 radical (unpaired) electrons. The van der Waals surface area contributed by atoms with E-state index in [-0.39, 0.29) is 22.5 Å². The van der Waals surface area contributed by atoms with Crippen molar-refractivity contribution in [2.24, 2.45) is 0 Å². The zero-order valence-corrected chi connectivity index (χ0v) is 16.1. The number of nitrogens with one attached hydrogen (secondary N) is 1. The van der Waals surface area contributed by atoms with Gasteiger partial charge >= 0.3 is 21.7 Å². The molecule has 0 aliphatic heterocycles. The lowest BCUT2D eigenvalue weighted by molar-refractivity contribution is -0.0509. The lowest BCUT2D eigenvalue weighted by atomic mass is 10.0. The first-order valence-corrected chi connectivity index (χ1v) is 9.74. The quantitative estimate of drug-likeness (QED) is 0.578. The van der Waals surface area contributed by atoms with Crippen LogP contribution in [-0.2, 0) is 25.5 Å². The highest BCUT2D eigenvalue weighted by Crippen LogP contribution is 2.43. The molecule has 148 valence electrons. The number of alkyl halides is 3. The second kappa shape index (κ2) is 7.05. The van der Waals surface area contributed by atoms with Crippen molar-refractivity contribution in [1.82, 2.24) is 0 Å². The van der Waals surface area contributed by atoms with Crippen LogP contribution in [0.25, 0.3) is 5.76 Å².